The van der Waals surface area contributed by atoms with E-state index < -0.39 is 0 Å². The molecule has 1 aromatic carbocycles. The third kappa shape index (κ3) is 2.99. The highest BCUT2D eigenvalue weighted by molar-refractivity contribution is 5.96. The van der Waals surface area contributed by atoms with E-state index in [1.165, 1.54) is 5.56 Å². The van der Waals surface area contributed by atoms with E-state index >= 15 is 0 Å². The fraction of sp³-hybridized carbons (Fsp3) is 0.462. The van der Waals surface area contributed by atoms with Crippen molar-refractivity contribution in [3.8, 4) is 0 Å². The lowest BCUT2D eigenvalue weighted by Crippen LogP contribution is -2.05. The van der Waals surface area contributed by atoms with Crippen LogP contribution >= 0.6 is 0 Å². The van der Waals surface area contributed by atoms with Crippen LogP contribution in [-0.4, -0.2) is 5.78 Å². The first kappa shape index (κ1) is 11.0. The summed E-state index contributed by atoms with van der Waals surface area (Å²) in [7, 11) is 0. The van der Waals surface area contributed by atoms with Crippen LogP contribution in [-0.2, 0) is 0 Å². The Labute approximate surface area is 86.1 Å². The number of hydrogen-bond donors (Lipinski definition) is 0. The van der Waals surface area contributed by atoms with E-state index in [9.17, 15) is 4.79 Å². The van der Waals surface area contributed by atoms with Gasteiger partial charge in [0.15, 0.2) is 5.78 Å². The largest absolute Gasteiger partial charge is 0.294 e. The van der Waals surface area contributed by atoms with Gasteiger partial charge in [0.05, 0.1) is 0 Å². The van der Waals surface area contributed by atoms with Gasteiger partial charge in [-0.1, -0.05) is 50.1 Å². The molecule has 0 aliphatic carbocycles. The van der Waals surface area contributed by atoms with Crippen molar-refractivity contribution in [2.75, 3.05) is 0 Å². The van der Waals surface area contributed by atoms with Crippen LogP contribution < -0.4 is 0 Å². The molecule has 0 saturated heterocycles. The number of carbonyl (C=O) groups is 1. The Morgan fingerprint density at radius 1 is 1.29 bits per heavy atom. The van der Waals surface area contributed by atoms with E-state index in [4.69, 9.17) is 0 Å². The molecule has 0 unspecified atom stereocenters. The predicted octanol–water partition coefficient (Wildman–Crippen LogP) is 3.61. The monoisotopic (exact) mass is 190 g/mol. The molecule has 76 valence electrons. The first-order valence-electron chi connectivity index (χ1n) is 5.23. The highest BCUT2D eigenvalue weighted by Gasteiger charge is 2.09. The Kier molecular flexibility index (Phi) is 3.87. The molecule has 0 amide bonds. The van der Waals surface area contributed by atoms with Gasteiger partial charge in [-0.3, -0.25) is 4.79 Å². The Morgan fingerprint density at radius 2 is 1.86 bits per heavy atom. The topological polar surface area (TPSA) is 17.1 Å². The maximum absolute atomic E-state index is 11.7. The average Bonchev–Trinajstić information content (AvgIpc) is 2.18. The van der Waals surface area contributed by atoms with Crippen LogP contribution in [0.25, 0.3) is 0 Å². The summed E-state index contributed by atoms with van der Waals surface area (Å²) in [5.41, 5.74) is 2.04. The minimum absolute atomic E-state index is 0.263. The first-order valence-corrected chi connectivity index (χ1v) is 5.23. The summed E-state index contributed by atoms with van der Waals surface area (Å²) in [6.45, 7) is 6.27. The van der Waals surface area contributed by atoms with E-state index in [1.807, 2.05) is 31.2 Å². The van der Waals surface area contributed by atoms with Crippen molar-refractivity contribution in [2.45, 2.75) is 33.6 Å². The van der Waals surface area contributed by atoms with E-state index in [-0.39, 0.29) is 5.78 Å². The smallest absolute Gasteiger partial charge is 0.163 e. The van der Waals surface area contributed by atoms with Crippen molar-refractivity contribution in [3.05, 3.63) is 35.4 Å². The molecule has 0 spiro atoms. The molecule has 0 aliphatic rings. The van der Waals surface area contributed by atoms with Crippen LogP contribution in [0.15, 0.2) is 24.3 Å². The Bertz CT molecular complexity index is 298. The van der Waals surface area contributed by atoms with Crippen LogP contribution in [0.2, 0.25) is 0 Å². The normalized spacial score (nSPS) is 12.5. The van der Waals surface area contributed by atoms with Gasteiger partial charge in [0.1, 0.15) is 0 Å². The van der Waals surface area contributed by atoms with Crippen molar-refractivity contribution in [1.82, 2.24) is 0 Å². The molecule has 0 radical (unpaired) electrons. The van der Waals surface area contributed by atoms with Crippen molar-refractivity contribution >= 4 is 5.78 Å². The van der Waals surface area contributed by atoms with E-state index in [1.54, 1.807) is 0 Å². The third-order valence-electron chi connectivity index (χ3n) is 2.60. The molecular formula is C13H18O. The fourth-order valence-electron chi connectivity index (χ4n) is 1.32. The summed E-state index contributed by atoms with van der Waals surface area (Å²) in [6, 6.07) is 7.81. The molecular weight excluding hydrogens is 172 g/mol. The molecule has 14 heavy (non-hydrogen) atoms. The van der Waals surface area contributed by atoms with E-state index in [2.05, 4.69) is 13.8 Å². The molecule has 0 N–H and O–H groups in total. The molecule has 0 fully saturated rings. The number of Topliss-reactive ketones (excluding diaryl/α,β-unsaturated/α-hetero) is 1. The predicted molar refractivity (Wildman–Crippen MR) is 59.6 cm³/mol. The third-order valence-corrected chi connectivity index (χ3v) is 2.60. The van der Waals surface area contributed by atoms with Gasteiger partial charge >= 0.3 is 0 Å². The van der Waals surface area contributed by atoms with Gasteiger partial charge in [-0.2, -0.15) is 0 Å². The molecule has 1 atom stereocenters. The van der Waals surface area contributed by atoms with Crippen LogP contribution in [0, 0.1) is 12.8 Å². The first-order chi connectivity index (χ1) is 6.63. The van der Waals surface area contributed by atoms with Crippen molar-refractivity contribution < 1.29 is 4.79 Å². The van der Waals surface area contributed by atoms with Crippen molar-refractivity contribution in [3.63, 3.8) is 0 Å². The van der Waals surface area contributed by atoms with E-state index in [0.29, 0.717) is 12.3 Å². The van der Waals surface area contributed by atoms with Crippen LogP contribution in [0.4, 0.5) is 0 Å². The molecule has 1 nitrogen and oxygen atoms in total. The van der Waals surface area contributed by atoms with Gasteiger partial charge in [0, 0.05) is 12.0 Å². The number of carbonyl (C=O) groups excluding carboxylic acids is 1. The average molecular weight is 190 g/mol. The zero-order chi connectivity index (χ0) is 10.6. The van der Waals surface area contributed by atoms with Crippen LogP contribution in [0.1, 0.15) is 42.6 Å². The second kappa shape index (κ2) is 4.94. The fourth-order valence-corrected chi connectivity index (χ4v) is 1.32. The molecule has 1 rings (SSSR count). The molecule has 0 heterocycles. The summed E-state index contributed by atoms with van der Waals surface area (Å²) in [6.07, 6.45) is 1.73. The summed E-state index contributed by atoms with van der Waals surface area (Å²) >= 11 is 0. The second-order valence-electron chi connectivity index (χ2n) is 4.01. The van der Waals surface area contributed by atoms with Crippen LogP contribution in [0.5, 0.6) is 0 Å². The number of benzene rings is 1. The van der Waals surface area contributed by atoms with Gasteiger partial charge < -0.3 is 0 Å². The summed E-state index contributed by atoms with van der Waals surface area (Å²) < 4.78 is 0. The number of hydrogen-bond acceptors (Lipinski definition) is 1. The zero-order valence-electron chi connectivity index (χ0n) is 9.21. The molecule has 1 heteroatoms. The van der Waals surface area contributed by atoms with Gasteiger partial charge in [-0.15, -0.1) is 0 Å². The number of rotatable bonds is 4. The molecule has 0 bridgehead atoms. The Morgan fingerprint density at radius 3 is 2.36 bits per heavy atom. The molecule has 0 aliphatic heterocycles. The lowest BCUT2D eigenvalue weighted by atomic mass is 9.97. The molecule has 1 aromatic rings. The summed E-state index contributed by atoms with van der Waals surface area (Å²) in [5, 5.41) is 0. The lowest BCUT2D eigenvalue weighted by molar-refractivity contribution is 0.0963. The van der Waals surface area contributed by atoms with Crippen molar-refractivity contribution in [2.24, 2.45) is 5.92 Å². The lowest BCUT2D eigenvalue weighted by Gasteiger charge is -2.07. The van der Waals surface area contributed by atoms with Crippen LogP contribution in [0.3, 0.4) is 0 Å². The number of aryl methyl sites for hydroxylation is 1. The van der Waals surface area contributed by atoms with E-state index in [0.717, 1.165) is 12.0 Å². The summed E-state index contributed by atoms with van der Waals surface area (Å²) in [5.74, 6) is 0.753. The maximum Gasteiger partial charge on any atom is 0.163 e. The Hall–Kier alpha value is -1.11. The maximum atomic E-state index is 11.7. The highest BCUT2D eigenvalue weighted by atomic mass is 16.1. The second-order valence-corrected chi connectivity index (χ2v) is 4.01. The number of ketones is 1. The van der Waals surface area contributed by atoms with Crippen molar-refractivity contribution in [1.29, 1.82) is 0 Å². The highest BCUT2D eigenvalue weighted by Crippen LogP contribution is 2.12. The standard InChI is InChI=1S/C13H18O/c1-4-10(2)9-13(14)12-7-5-11(3)6-8-12/h5-8,10H,4,9H2,1-3H3/t10-/m1/s1. The minimum Gasteiger partial charge on any atom is -0.294 e. The molecule has 0 aromatic heterocycles. The van der Waals surface area contributed by atoms with Gasteiger partial charge in [-0.25, -0.2) is 0 Å². The summed E-state index contributed by atoms with van der Waals surface area (Å²) in [4.78, 5) is 11.7. The van der Waals surface area contributed by atoms with Gasteiger partial charge in [0.25, 0.3) is 0 Å². The SMILES string of the molecule is CC[C@@H](C)CC(=O)c1ccc(C)cc1. The zero-order valence-corrected chi connectivity index (χ0v) is 9.21. The Balaban J connectivity index is 2.65. The van der Waals surface area contributed by atoms with Gasteiger partial charge in [0.2, 0.25) is 0 Å². The molecule has 0 saturated carbocycles. The minimum atomic E-state index is 0.263. The quantitative estimate of drug-likeness (QED) is 0.663. The van der Waals surface area contributed by atoms with Gasteiger partial charge in [-0.05, 0) is 12.8 Å².